The summed E-state index contributed by atoms with van der Waals surface area (Å²) in [5.74, 6) is -0.846. The van der Waals surface area contributed by atoms with Crippen LogP contribution in [0.25, 0.3) is 0 Å². The third kappa shape index (κ3) is 3.00. The number of hydrogen-bond acceptors (Lipinski definition) is 3. The SMILES string of the molecule is CC1CCN(C(=O)N2CCCN(C)CC2)C1C(=O)O. The molecule has 6 nitrogen and oxygen atoms in total. The number of carbonyl (C=O) groups is 2. The number of urea groups is 1. The van der Waals surface area contributed by atoms with E-state index in [1.165, 1.54) is 0 Å². The van der Waals surface area contributed by atoms with Crippen molar-refractivity contribution in [2.75, 3.05) is 39.8 Å². The molecule has 0 aromatic rings. The lowest BCUT2D eigenvalue weighted by molar-refractivity contribution is -0.142. The predicted molar refractivity (Wildman–Crippen MR) is 71.0 cm³/mol. The maximum atomic E-state index is 12.5. The molecule has 6 heteroatoms. The third-order valence-electron chi connectivity index (χ3n) is 4.19. The zero-order valence-corrected chi connectivity index (χ0v) is 11.7. The largest absolute Gasteiger partial charge is 0.480 e. The van der Waals surface area contributed by atoms with E-state index >= 15 is 0 Å². The van der Waals surface area contributed by atoms with Crippen molar-refractivity contribution in [2.45, 2.75) is 25.8 Å². The molecule has 2 saturated heterocycles. The Hall–Kier alpha value is -1.30. The van der Waals surface area contributed by atoms with Gasteiger partial charge in [0.1, 0.15) is 6.04 Å². The molecule has 108 valence electrons. The zero-order valence-electron chi connectivity index (χ0n) is 11.7. The molecule has 0 aliphatic carbocycles. The second-order valence-electron chi connectivity index (χ2n) is 5.67. The molecule has 0 bridgehead atoms. The van der Waals surface area contributed by atoms with E-state index in [-0.39, 0.29) is 11.9 Å². The summed E-state index contributed by atoms with van der Waals surface area (Å²) < 4.78 is 0. The van der Waals surface area contributed by atoms with Crippen molar-refractivity contribution < 1.29 is 14.7 Å². The second kappa shape index (κ2) is 5.77. The van der Waals surface area contributed by atoms with Crippen LogP contribution >= 0.6 is 0 Å². The van der Waals surface area contributed by atoms with Gasteiger partial charge < -0.3 is 19.8 Å². The fraction of sp³-hybridized carbons (Fsp3) is 0.846. The van der Waals surface area contributed by atoms with Crippen molar-refractivity contribution in [1.82, 2.24) is 14.7 Å². The van der Waals surface area contributed by atoms with E-state index in [1.54, 1.807) is 9.80 Å². The molecule has 2 amide bonds. The van der Waals surface area contributed by atoms with Gasteiger partial charge in [-0.1, -0.05) is 6.92 Å². The van der Waals surface area contributed by atoms with Gasteiger partial charge in [-0.3, -0.25) is 0 Å². The Labute approximate surface area is 114 Å². The lowest BCUT2D eigenvalue weighted by Gasteiger charge is -2.30. The van der Waals surface area contributed by atoms with E-state index in [1.807, 2.05) is 14.0 Å². The summed E-state index contributed by atoms with van der Waals surface area (Å²) in [7, 11) is 2.05. The number of rotatable bonds is 1. The first-order valence-corrected chi connectivity index (χ1v) is 6.97. The molecule has 2 rings (SSSR count). The number of carbonyl (C=O) groups excluding carboxylic acids is 1. The first-order valence-electron chi connectivity index (χ1n) is 6.97. The van der Waals surface area contributed by atoms with Gasteiger partial charge in [-0.05, 0) is 32.4 Å². The Bertz CT molecular complexity index is 361. The molecule has 2 atom stereocenters. The topological polar surface area (TPSA) is 64.1 Å². The highest BCUT2D eigenvalue weighted by Crippen LogP contribution is 2.25. The standard InChI is InChI=1S/C13H23N3O3/c1-10-4-7-16(11(10)12(17)18)13(19)15-6-3-5-14(2)8-9-15/h10-11H,3-9H2,1-2H3,(H,17,18). The Morgan fingerprint density at radius 3 is 2.53 bits per heavy atom. The van der Waals surface area contributed by atoms with Gasteiger partial charge in [-0.25, -0.2) is 9.59 Å². The van der Waals surface area contributed by atoms with Crippen molar-refractivity contribution >= 4 is 12.0 Å². The van der Waals surface area contributed by atoms with E-state index in [0.29, 0.717) is 13.1 Å². The maximum Gasteiger partial charge on any atom is 0.326 e. The number of likely N-dealkylation sites (tertiary alicyclic amines) is 1. The quantitative estimate of drug-likeness (QED) is 0.754. The number of hydrogen-bond donors (Lipinski definition) is 1. The normalized spacial score (nSPS) is 29.4. The van der Waals surface area contributed by atoms with Crippen LogP contribution in [-0.2, 0) is 4.79 Å². The first kappa shape index (κ1) is 14.1. The van der Waals surface area contributed by atoms with Crippen LogP contribution in [-0.4, -0.2) is 77.6 Å². The summed E-state index contributed by atoms with van der Waals surface area (Å²) in [4.78, 5) is 29.3. The number of nitrogens with zero attached hydrogens (tertiary/aromatic N) is 3. The van der Waals surface area contributed by atoms with Gasteiger partial charge in [0.25, 0.3) is 0 Å². The van der Waals surface area contributed by atoms with E-state index < -0.39 is 12.0 Å². The van der Waals surface area contributed by atoms with Gasteiger partial charge in [-0.15, -0.1) is 0 Å². The molecule has 0 spiro atoms. The van der Waals surface area contributed by atoms with Gasteiger partial charge in [0.05, 0.1) is 0 Å². The van der Waals surface area contributed by atoms with Crippen LogP contribution < -0.4 is 0 Å². The molecule has 0 aromatic carbocycles. The number of carboxylic acids is 1. The Balaban J connectivity index is 2.04. The van der Waals surface area contributed by atoms with Gasteiger partial charge in [0, 0.05) is 26.2 Å². The molecule has 2 aliphatic heterocycles. The Morgan fingerprint density at radius 2 is 1.84 bits per heavy atom. The van der Waals surface area contributed by atoms with Crippen molar-refractivity contribution in [3.63, 3.8) is 0 Å². The summed E-state index contributed by atoms with van der Waals surface area (Å²) in [5.41, 5.74) is 0. The predicted octanol–water partition coefficient (Wildman–Crippen LogP) is 0.539. The minimum Gasteiger partial charge on any atom is -0.480 e. The highest BCUT2D eigenvalue weighted by atomic mass is 16.4. The molecular formula is C13H23N3O3. The molecule has 19 heavy (non-hydrogen) atoms. The van der Waals surface area contributed by atoms with Crippen LogP contribution in [0.4, 0.5) is 4.79 Å². The second-order valence-corrected chi connectivity index (χ2v) is 5.67. The van der Waals surface area contributed by atoms with Crippen LogP contribution in [0.3, 0.4) is 0 Å². The summed E-state index contributed by atoms with van der Waals surface area (Å²) >= 11 is 0. The first-order chi connectivity index (χ1) is 9.00. The molecule has 1 N–H and O–H groups in total. The summed E-state index contributed by atoms with van der Waals surface area (Å²) in [6.45, 7) is 5.72. The average molecular weight is 269 g/mol. The fourth-order valence-electron chi connectivity index (χ4n) is 2.96. The van der Waals surface area contributed by atoms with Gasteiger partial charge >= 0.3 is 12.0 Å². The molecule has 2 aliphatic rings. The maximum absolute atomic E-state index is 12.5. The van der Waals surface area contributed by atoms with Crippen molar-refractivity contribution in [2.24, 2.45) is 5.92 Å². The number of likely N-dealkylation sites (N-methyl/N-ethyl adjacent to an activating group) is 1. The smallest absolute Gasteiger partial charge is 0.326 e. The van der Waals surface area contributed by atoms with Crippen LogP contribution in [0.15, 0.2) is 0 Å². The number of amides is 2. The van der Waals surface area contributed by atoms with Gasteiger partial charge in [0.15, 0.2) is 0 Å². The summed E-state index contributed by atoms with van der Waals surface area (Å²) in [6.07, 6.45) is 1.72. The summed E-state index contributed by atoms with van der Waals surface area (Å²) in [5, 5.41) is 9.28. The van der Waals surface area contributed by atoms with Crippen molar-refractivity contribution in [1.29, 1.82) is 0 Å². The summed E-state index contributed by atoms with van der Waals surface area (Å²) in [6, 6.07) is -0.763. The van der Waals surface area contributed by atoms with Gasteiger partial charge in [0.2, 0.25) is 0 Å². The molecular weight excluding hydrogens is 246 g/mol. The molecule has 2 unspecified atom stereocenters. The number of carboxylic acid groups (broad SMARTS) is 1. The molecule has 0 aromatic heterocycles. The molecule has 2 heterocycles. The minimum atomic E-state index is -0.884. The molecule has 2 fully saturated rings. The van der Waals surface area contributed by atoms with E-state index in [0.717, 1.165) is 32.5 Å². The van der Waals surface area contributed by atoms with Crippen LogP contribution in [0.5, 0.6) is 0 Å². The Kier molecular flexibility index (Phi) is 4.29. The highest BCUT2D eigenvalue weighted by Gasteiger charge is 2.41. The number of aliphatic carboxylic acids is 1. The van der Waals surface area contributed by atoms with Crippen LogP contribution in [0, 0.1) is 5.92 Å². The van der Waals surface area contributed by atoms with Crippen LogP contribution in [0.2, 0.25) is 0 Å². The van der Waals surface area contributed by atoms with Crippen molar-refractivity contribution in [3.05, 3.63) is 0 Å². The van der Waals surface area contributed by atoms with E-state index in [9.17, 15) is 14.7 Å². The third-order valence-corrected chi connectivity index (χ3v) is 4.19. The highest BCUT2D eigenvalue weighted by molar-refractivity contribution is 5.83. The fourth-order valence-corrected chi connectivity index (χ4v) is 2.96. The lowest BCUT2D eigenvalue weighted by Crippen LogP contribution is -2.50. The van der Waals surface area contributed by atoms with Crippen molar-refractivity contribution in [3.8, 4) is 0 Å². The average Bonchev–Trinajstić information content (AvgIpc) is 2.61. The monoisotopic (exact) mass is 269 g/mol. The molecule has 0 saturated carbocycles. The lowest BCUT2D eigenvalue weighted by atomic mass is 10.0. The van der Waals surface area contributed by atoms with E-state index in [2.05, 4.69) is 4.90 Å². The van der Waals surface area contributed by atoms with Crippen LogP contribution in [0.1, 0.15) is 19.8 Å². The van der Waals surface area contributed by atoms with E-state index in [4.69, 9.17) is 0 Å². The molecule has 0 radical (unpaired) electrons. The zero-order chi connectivity index (χ0) is 14.0. The minimum absolute atomic E-state index is 0.0381. The Morgan fingerprint density at radius 1 is 1.11 bits per heavy atom. The van der Waals surface area contributed by atoms with Gasteiger partial charge in [-0.2, -0.15) is 0 Å².